The largest absolute Gasteiger partial charge is 0.369 e. The van der Waals surface area contributed by atoms with Crippen LogP contribution < -0.4 is 15.5 Å². The first-order chi connectivity index (χ1) is 8.67. The van der Waals surface area contributed by atoms with Crippen molar-refractivity contribution in [3.05, 3.63) is 12.4 Å². The summed E-state index contributed by atoms with van der Waals surface area (Å²) in [6.07, 6.45) is 4.36. The maximum Gasteiger partial charge on any atom is 0.239 e. The number of nitrogens with zero attached hydrogens (tertiary/aromatic N) is 3. The molecule has 6 nitrogen and oxygen atoms in total. The second-order valence-corrected chi connectivity index (χ2v) is 4.00. The molecule has 100 valence electrons. The molecule has 0 spiro atoms. The Labute approximate surface area is 108 Å². The van der Waals surface area contributed by atoms with Crippen LogP contribution in [0.15, 0.2) is 12.4 Å². The van der Waals surface area contributed by atoms with Gasteiger partial charge in [0.25, 0.3) is 0 Å². The van der Waals surface area contributed by atoms with Crippen molar-refractivity contribution in [1.29, 1.82) is 0 Å². The summed E-state index contributed by atoms with van der Waals surface area (Å²) in [7, 11) is 1.82. The molecule has 0 aliphatic heterocycles. The number of hydrogen-bond acceptors (Lipinski definition) is 5. The van der Waals surface area contributed by atoms with E-state index in [9.17, 15) is 4.79 Å². The van der Waals surface area contributed by atoms with E-state index in [0.717, 1.165) is 18.8 Å². The Morgan fingerprint density at radius 3 is 2.83 bits per heavy atom. The van der Waals surface area contributed by atoms with E-state index < -0.39 is 0 Å². The average molecular weight is 251 g/mol. The third kappa shape index (κ3) is 4.57. The van der Waals surface area contributed by atoms with Crippen LogP contribution in [0.25, 0.3) is 0 Å². The Balaban J connectivity index is 2.61. The van der Waals surface area contributed by atoms with Crippen molar-refractivity contribution in [2.75, 3.05) is 36.9 Å². The van der Waals surface area contributed by atoms with Gasteiger partial charge in [0.15, 0.2) is 0 Å². The summed E-state index contributed by atoms with van der Waals surface area (Å²) in [5.41, 5.74) is 0. The molecule has 0 atom stereocenters. The van der Waals surface area contributed by atoms with Crippen LogP contribution in [-0.4, -0.2) is 42.6 Å². The van der Waals surface area contributed by atoms with Gasteiger partial charge in [0.2, 0.25) is 5.91 Å². The molecule has 0 aliphatic carbocycles. The maximum absolute atomic E-state index is 11.5. The molecule has 0 saturated heterocycles. The highest BCUT2D eigenvalue weighted by Gasteiger charge is 2.08. The number of likely N-dealkylation sites (N-methyl/N-ethyl adjacent to an activating group) is 2. The van der Waals surface area contributed by atoms with Gasteiger partial charge >= 0.3 is 0 Å². The quantitative estimate of drug-likeness (QED) is 0.752. The van der Waals surface area contributed by atoms with Gasteiger partial charge < -0.3 is 15.5 Å². The van der Waals surface area contributed by atoms with Gasteiger partial charge in [0, 0.05) is 20.1 Å². The molecule has 0 unspecified atom stereocenters. The molecular formula is C12H21N5O. The van der Waals surface area contributed by atoms with Gasteiger partial charge in [-0.15, -0.1) is 0 Å². The van der Waals surface area contributed by atoms with Gasteiger partial charge in [0.05, 0.1) is 18.9 Å². The third-order valence-electron chi connectivity index (χ3n) is 2.32. The minimum absolute atomic E-state index is 0.0197. The second-order valence-electron chi connectivity index (χ2n) is 4.00. The van der Waals surface area contributed by atoms with Crippen molar-refractivity contribution >= 4 is 17.5 Å². The summed E-state index contributed by atoms with van der Waals surface area (Å²) in [5.74, 6) is 1.40. The van der Waals surface area contributed by atoms with Crippen molar-refractivity contribution < 1.29 is 4.79 Å². The number of hydrogen-bond donors (Lipinski definition) is 2. The lowest BCUT2D eigenvalue weighted by atomic mass is 10.4. The SMILES string of the molecule is CCCNc1cncc(N(C)CC(=O)NCC)n1. The molecule has 0 saturated carbocycles. The summed E-state index contributed by atoms with van der Waals surface area (Å²) in [5, 5.41) is 5.92. The molecule has 0 aromatic carbocycles. The van der Waals surface area contributed by atoms with Crippen LogP contribution in [0.4, 0.5) is 11.6 Å². The fourth-order valence-electron chi connectivity index (χ4n) is 1.43. The average Bonchev–Trinajstić information content (AvgIpc) is 2.37. The smallest absolute Gasteiger partial charge is 0.239 e. The van der Waals surface area contributed by atoms with Crippen LogP contribution in [0.1, 0.15) is 20.3 Å². The van der Waals surface area contributed by atoms with Crippen LogP contribution >= 0.6 is 0 Å². The van der Waals surface area contributed by atoms with Crippen LogP contribution in [0.5, 0.6) is 0 Å². The van der Waals surface area contributed by atoms with E-state index in [2.05, 4.69) is 27.5 Å². The molecule has 1 aromatic heterocycles. The predicted octanol–water partition coefficient (Wildman–Crippen LogP) is 0.871. The highest BCUT2D eigenvalue weighted by atomic mass is 16.2. The van der Waals surface area contributed by atoms with E-state index >= 15 is 0 Å². The molecule has 0 bridgehead atoms. The first kappa shape index (κ1) is 14.2. The standard InChI is InChI=1S/C12H21N5O/c1-4-6-15-10-7-13-8-11(16-10)17(3)9-12(18)14-5-2/h7-8H,4-6,9H2,1-3H3,(H,14,18)(H,15,16). The minimum Gasteiger partial charge on any atom is -0.369 e. The predicted molar refractivity (Wildman–Crippen MR) is 72.8 cm³/mol. The van der Waals surface area contributed by atoms with E-state index in [1.807, 2.05) is 14.0 Å². The van der Waals surface area contributed by atoms with E-state index in [1.165, 1.54) is 0 Å². The van der Waals surface area contributed by atoms with Gasteiger partial charge in [-0.2, -0.15) is 0 Å². The monoisotopic (exact) mass is 251 g/mol. The number of nitrogens with one attached hydrogen (secondary N) is 2. The Morgan fingerprint density at radius 1 is 1.39 bits per heavy atom. The van der Waals surface area contributed by atoms with Crippen LogP contribution in [0.3, 0.4) is 0 Å². The number of amides is 1. The summed E-state index contributed by atoms with van der Waals surface area (Å²) >= 11 is 0. The lowest BCUT2D eigenvalue weighted by Gasteiger charge is -2.17. The van der Waals surface area contributed by atoms with Gasteiger partial charge in [-0.25, -0.2) is 4.98 Å². The molecule has 1 heterocycles. The van der Waals surface area contributed by atoms with Gasteiger partial charge in [-0.05, 0) is 13.3 Å². The van der Waals surface area contributed by atoms with Crippen molar-refractivity contribution in [3.8, 4) is 0 Å². The molecule has 1 amide bonds. The minimum atomic E-state index is -0.0197. The molecule has 2 N–H and O–H groups in total. The summed E-state index contributed by atoms with van der Waals surface area (Å²) in [6.45, 7) is 5.76. The van der Waals surface area contributed by atoms with Crippen molar-refractivity contribution in [2.24, 2.45) is 0 Å². The fraction of sp³-hybridized carbons (Fsp3) is 0.583. The molecule has 0 radical (unpaired) electrons. The van der Waals surface area contributed by atoms with Gasteiger partial charge in [-0.1, -0.05) is 6.92 Å². The number of aromatic nitrogens is 2. The van der Waals surface area contributed by atoms with Crippen molar-refractivity contribution in [2.45, 2.75) is 20.3 Å². The van der Waals surface area contributed by atoms with Gasteiger partial charge in [0.1, 0.15) is 11.6 Å². The number of rotatable bonds is 7. The summed E-state index contributed by atoms with van der Waals surface area (Å²) in [6, 6.07) is 0. The normalized spacial score (nSPS) is 9.94. The van der Waals surface area contributed by atoms with Crippen LogP contribution in [0, 0.1) is 0 Å². The Morgan fingerprint density at radius 2 is 2.17 bits per heavy atom. The zero-order valence-corrected chi connectivity index (χ0v) is 11.2. The molecule has 0 aliphatic rings. The highest BCUT2D eigenvalue weighted by Crippen LogP contribution is 2.10. The zero-order valence-electron chi connectivity index (χ0n) is 11.2. The summed E-state index contributed by atoms with van der Waals surface area (Å²) < 4.78 is 0. The van der Waals surface area contributed by atoms with E-state index in [0.29, 0.717) is 12.4 Å². The topological polar surface area (TPSA) is 70.2 Å². The fourth-order valence-corrected chi connectivity index (χ4v) is 1.43. The third-order valence-corrected chi connectivity index (χ3v) is 2.32. The van der Waals surface area contributed by atoms with E-state index in [1.54, 1.807) is 17.3 Å². The Kier molecular flexibility index (Phi) is 5.90. The first-order valence-corrected chi connectivity index (χ1v) is 6.21. The Bertz CT molecular complexity index is 382. The number of carbonyl (C=O) groups excluding carboxylic acids is 1. The molecule has 6 heteroatoms. The molecule has 1 rings (SSSR count). The van der Waals surface area contributed by atoms with Crippen LogP contribution in [-0.2, 0) is 4.79 Å². The second kappa shape index (κ2) is 7.47. The highest BCUT2D eigenvalue weighted by molar-refractivity contribution is 5.80. The van der Waals surface area contributed by atoms with E-state index in [4.69, 9.17) is 0 Å². The van der Waals surface area contributed by atoms with Gasteiger partial charge in [-0.3, -0.25) is 9.78 Å². The lowest BCUT2D eigenvalue weighted by Crippen LogP contribution is -2.35. The molecule has 0 fully saturated rings. The molecule has 1 aromatic rings. The maximum atomic E-state index is 11.5. The molecular weight excluding hydrogens is 230 g/mol. The van der Waals surface area contributed by atoms with Crippen LogP contribution in [0.2, 0.25) is 0 Å². The zero-order chi connectivity index (χ0) is 13.4. The van der Waals surface area contributed by atoms with Crippen molar-refractivity contribution in [3.63, 3.8) is 0 Å². The summed E-state index contributed by atoms with van der Waals surface area (Å²) in [4.78, 5) is 21.7. The number of anilines is 2. The molecule has 18 heavy (non-hydrogen) atoms. The van der Waals surface area contributed by atoms with Crippen molar-refractivity contribution in [1.82, 2.24) is 15.3 Å². The first-order valence-electron chi connectivity index (χ1n) is 6.21. The lowest BCUT2D eigenvalue weighted by molar-refractivity contribution is -0.119. The Hall–Kier alpha value is -1.85. The number of carbonyl (C=O) groups is 1. The van der Waals surface area contributed by atoms with E-state index in [-0.39, 0.29) is 12.5 Å².